The van der Waals surface area contributed by atoms with Crippen LogP contribution >= 0.6 is 19.6 Å². The van der Waals surface area contributed by atoms with E-state index in [9.17, 15) is 19.6 Å². The van der Waals surface area contributed by atoms with Crippen molar-refractivity contribution >= 4 is 54.7 Å². The van der Waals surface area contributed by atoms with E-state index in [2.05, 4.69) is 23.0 Å². The number of esters is 1. The predicted octanol–water partition coefficient (Wildman–Crippen LogP) is 7.45. The van der Waals surface area contributed by atoms with Crippen LogP contribution in [0.3, 0.4) is 0 Å². The summed E-state index contributed by atoms with van der Waals surface area (Å²) in [5.41, 5.74) is 7.62. The number of nitrogens with zero attached hydrogens (tertiary/aromatic N) is 1. The molecule has 11 heteroatoms. The van der Waals surface area contributed by atoms with Crippen molar-refractivity contribution < 1.29 is 28.6 Å². The van der Waals surface area contributed by atoms with Crippen LogP contribution in [-0.4, -0.2) is 40.8 Å². The van der Waals surface area contributed by atoms with E-state index >= 15 is 0 Å². The summed E-state index contributed by atoms with van der Waals surface area (Å²) in [5.74, 6) is 0.709. The summed E-state index contributed by atoms with van der Waals surface area (Å²) in [6, 6.07) is 18.0. The summed E-state index contributed by atoms with van der Waals surface area (Å²) < 4.78 is 16.1. The molecule has 3 rings (SSSR count). The topological polar surface area (TPSA) is 141 Å². The predicted molar refractivity (Wildman–Crippen MR) is 178 cm³/mol. The molecule has 1 unspecified atom stereocenters. The van der Waals surface area contributed by atoms with E-state index < -0.39 is 17.1 Å². The fourth-order valence-electron chi connectivity index (χ4n) is 4.27. The van der Waals surface area contributed by atoms with Crippen LogP contribution < -0.4 is 11.1 Å². The second-order valence-electron chi connectivity index (χ2n) is 11.1. The Morgan fingerprint density at radius 2 is 1.82 bits per heavy atom. The third-order valence-corrected chi connectivity index (χ3v) is 8.79. The number of nitrogens with two attached hydrogens (primary N) is 1. The third kappa shape index (κ3) is 12.3. The summed E-state index contributed by atoms with van der Waals surface area (Å²) in [6.07, 6.45) is 3.86. The molecule has 3 N–H and O–H groups in total. The number of hydrogen-bond donors (Lipinski definition) is 2. The van der Waals surface area contributed by atoms with E-state index in [4.69, 9.17) is 15.2 Å². The Morgan fingerprint density at radius 1 is 1.11 bits per heavy atom. The Labute approximate surface area is 266 Å². The van der Waals surface area contributed by atoms with Gasteiger partial charge in [0.25, 0.3) is 0 Å². The molecule has 44 heavy (non-hydrogen) atoms. The Balaban J connectivity index is 0.000000742. The number of anilines is 1. The quantitative estimate of drug-likeness (QED) is 0.0885. The number of nitrogens with one attached hydrogen (secondary N) is 1. The van der Waals surface area contributed by atoms with Crippen LogP contribution in [0.5, 0.6) is 0 Å². The monoisotopic (exact) mass is 640 g/mol. The van der Waals surface area contributed by atoms with Crippen molar-refractivity contribution in [2.75, 3.05) is 11.1 Å². The molecule has 9 nitrogen and oxygen atoms in total. The Bertz CT molecular complexity index is 1380. The van der Waals surface area contributed by atoms with Crippen molar-refractivity contribution in [1.82, 2.24) is 0 Å². The fraction of sp³-hybridized carbons (Fsp3) is 0.455. The van der Waals surface area contributed by atoms with Crippen molar-refractivity contribution in [2.45, 2.75) is 90.2 Å². The minimum atomic E-state index is -0.736. The molecule has 2 aromatic rings. The van der Waals surface area contributed by atoms with Crippen LogP contribution in [0.25, 0.3) is 0 Å². The number of primary amides is 1. The van der Waals surface area contributed by atoms with Gasteiger partial charge < -0.3 is 10.5 Å². The van der Waals surface area contributed by atoms with Gasteiger partial charge in [-0.15, -0.1) is 0 Å². The van der Waals surface area contributed by atoms with Crippen LogP contribution in [0.4, 0.5) is 10.5 Å². The van der Waals surface area contributed by atoms with Crippen molar-refractivity contribution in [3.05, 3.63) is 59.7 Å². The summed E-state index contributed by atoms with van der Waals surface area (Å²) in [5, 5.41) is 12.9. The first kappa shape index (κ1) is 36.8. The van der Waals surface area contributed by atoms with Gasteiger partial charge in [-0.2, -0.15) is 0 Å². The maximum absolute atomic E-state index is 12.2. The van der Waals surface area contributed by atoms with E-state index in [-0.39, 0.29) is 19.0 Å². The van der Waals surface area contributed by atoms with Crippen LogP contribution in [0.1, 0.15) is 84.3 Å². The number of rotatable bonds is 15. The van der Waals surface area contributed by atoms with Crippen molar-refractivity contribution in [2.24, 2.45) is 11.1 Å². The Morgan fingerprint density at radius 3 is 2.36 bits per heavy atom. The van der Waals surface area contributed by atoms with Crippen molar-refractivity contribution in [1.29, 1.82) is 5.26 Å². The van der Waals surface area contributed by atoms with Gasteiger partial charge in [0.15, 0.2) is 0 Å². The van der Waals surface area contributed by atoms with E-state index in [1.165, 1.54) is 0 Å². The normalized spacial score (nSPS) is 13.5. The number of nitriles is 1. The van der Waals surface area contributed by atoms with E-state index in [0.29, 0.717) is 25.7 Å². The molecule has 0 spiro atoms. The maximum atomic E-state index is 12.2. The molecular formula is C33H43N3O6PS+. The van der Waals surface area contributed by atoms with E-state index in [1.807, 2.05) is 55.5 Å². The van der Waals surface area contributed by atoms with Gasteiger partial charge in [0.1, 0.15) is 5.60 Å². The van der Waals surface area contributed by atoms with E-state index in [1.54, 1.807) is 32.5 Å². The number of thioether (sulfide) groups is 1. The zero-order chi connectivity index (χ0) is 32.6. The average Bonchev–Trinajstić information content (AvgIpc) is 2.94. The van der Waals surface area contributed by atoms with Crippen LogP contribution in [0.2, 0.25) is 0 Å². The Kier molecular flexibility index (Phi) is 15.4. The van der Waals surface area contributed by atoms with E-state index in [0.717, 1.165) is 59.1 Å². The summed E-state index contributed by atoms with van der Waals surface area (Å²) in [6.45, 7) is 9.71. The molecule has 1 atom stereocenters. The molecule has 2 aromatic carbocycles. The molecule has 0 saturated carbocycles. The van der Waals surface area contributed by atoms with Gasteiger partial charge in [0.05, 0.1) is 0 Å². The SMILES string of the molecule is CC(C)(C)OC(N)=O.CCCSc1ccc(C2=[P+]=C(C(C#N)(CCC)CCCC(=O)OCc3ccccc3)O2)cc1NC=O. The van der Waals surface area contributed by atoms with Crippen molar-refractivity contribution in [3.63, 3.8) is 0 Å². The standard InChI is InChI=1S/C28H31N2O4PS.C5H11NO2/c1-3-14-28(19-29,15-8-11-25(32)33-18-21-9-6-5-7-10-21)27-34-26(35-27)22-12-13-24(36-16-4-2)23(17-22)30-20-31;1-5(2,3)8-4(6)7/h5-7,9-10,12-13,17,20H,3-4,8,11,14-16,18H2,1-2H3;1-3H3,(H2,6,7)/p+1. The first-order valence-corrected chi connectivity index (χ1v) is 16.6. The number of hydrogen-bond acceptors (Lipinski definition) is 8. The van der Waals surface area contributed by atoms with Gasteiger partial charge in [0, 0.05) is 0 Å². The molecule has 1 heterocycles. The Hall–Kier alpha value is -3.38. The van der Waals surface area contributed by atoms with Gasteiger partial charge in [-0.1, -0.05) is 0 Å². The number of amides is 2. The first-order valence-electron chi connectivity index (χ1n) is 14.7. The van der Waals surface area contributed by atoms with Gasteiger partial charge >= 0.3 is 225 Å². The molecule has 236 valence electrons. The molecule has 0 bridgehead atoms. The van der Waals surface area contributed by atoms with Crippen molar-refractivity contribution in [3.8, 4) is 6.07 Å². The molecule has 0 aromatic heterocycles. The first-order chi connectivity index (χ1) is 21.0. The average molecular weight is 641 g/mol. The zero-order valence-electron chi connectivity index (χ0n) is 26.2. The number of carbonyl (C=O) groups is 3. The molecule has 0 radical (unpaired) electrons. The molecular weight excluding hydrogens is 597 g/mol. The molecule has 1 aliphatic rings. The molecule has 0 fully saturated rings. The van der Waals surface area contributed by atoms with Crippen LogP contribution in [-0.2, 0) is 30.4 Å². The fourth-order valence-corrected chi connectivity index (χ4v) is 6.21. The summed E-state index contributed by atoms with van der Waals surface area (Å²) >= 11 is 1.70. The molecule has 0 aliphatic carbocycles. The van der Waals surface area contributed by atoms with Crippen LogP contribution in [0, 0.1) is 16.7 Å². The van der Waals surface area contributed by atoms with Gasteiger partial charge in [-0.05, 0) is 20.8 Å². The zero-order valence-corrected chi connectivity index (χ0v) is 27.9. The minimum absolute atomic E-state index is 0.256. The van der Waals surface area contributed by atoms with Gasteiger partial charge in [-0.25, -0.2) is 4.79 Å². The third-order valence-electron chi connectivity index (χ3n) is 6.23. The summed E-state index contributed by atoms with van der Waals surface area (Å²) in [4.78, 5) is 34.4. The number of ether oxygens (including phenoxy) is 3. The molecule has 1 aliphatic heterocycles. The summed E-state index contributed by atoms with van der Waals surface area (Å²) in [7, 11) is 0.873. The van der Waals surface area contributed by atoms with Gasteiger partial charge in [0.2, 0.25) is 0 Å². The second-order valence-corrected chi connectivity index (χ2v) is 13.3. The second kappa shape index (κ2) is 18.4. The molecule has 2 amide bonds. The van der Waals surface area contributed by atoms with Crippen LogP contribution in [0.15, 0.2) is 53.4 Å². The number of benzene rings is 2. The number of carbonyl (C=O) groups excluding carboxylic acids is 3. The van der Waals surface area contributed by atoms with Gasteiger partial charge in [-0.3, -0.25) is 0 Å². The molecule has 0 saturated heterocycles.